The van der Waals surface area contributed by atoms with E-state index in [1.807, 2.05) is 32.0 Å². The third-order valence-corrected chi connectivity index (χ3v) is 1.35. The predicted molar refractivity (Wildman–Crippen MR) is 57.3 cm³/mol. The molecule has 2 heteroatoms. The van der Waals surface area contributed by atoms with Crippen molar-refractivity contribution in [2.75, 3.05) is 7.11 Å². The lowest BCUT2D eigenvalue weighted by Gasteiger charge is -1.97. The van der Waals surface area contributed by atoms with E-state index in [4.69, 9.17) is 4.74 Å². The van der Waals surface area contributed by atoms with E-state index in [-0.39, 0.29) is 0 Å². The van der Waals surface area contributed by atoms with Gasteiger partial charge in [0.2, 0.25) is 0 Å². The van der Waals surface area contributed by atoms with Gasteiger partial charge < -0.3 is 4.74 Å². The lowest BCUT2D eigenvalue weighted by atomic mass is 10.2. The summed E-state index contributed by atoms with van der Waals surface area (Å²) in [5.41, 5.74) is 0.779. The Morgan fingerprint density at radius 3 is 2.64 bits per heavy atom. The molecule has 0 radical (unpaired) electrons. The fourth-order valence-corrected chi connectivity index (χ4v) is 0.814. The largest absolute Gasteiger partial charge is 0.497 e. The van der Waals surface area contributed by atoms with E-state index in [2.05, 4.69) is 11.8 Å². The van der Waals surface area contributed by atoms with Crippen LogP contribution >= 0.6 is 0 Å². The SMILES string of the molecule is CC.COc1cccc(C#CC=O)c1. The van der Waals surface area contributed by atoms with Crippen molar-refractivity contribution in [3.05, 3.63) is 29.8 Å². The van der Waals surface area contributed by atoms with Gasteiger partial charge in [0, 0.05) is 5.56 Å². The van der Waals surface area contributed by atoms with Gasteiger partial charge in [-0.1, -0.05) is 25.8 Å². The van der Waals surface area contributed by atoms with Crippen LogP contribution in [0, 0.1) is 11.8 Å². The predicted octanol–water partition coefficient (Wildman–Crippen LogP) is 2.27. The Morgan fingerprint density at radius 1 is 1.36 bits per heavy atom. The molecule has 0 aromatic heterocycles. The highest BCUT2D eigenvalue weighted by Crippen LogP contribution is 2.10. The fourth-order valence-electron chi connectivity index (χ4n) is 0.814. The van der Waals surface area contributed by atoms with Crippen molar-refractivity contribution < 1.29 is 9.53 Å². The lowest BCUT2D eigenvalue weighted by Crippen LogP contribution is -1.82. The summed E-state index contributed by atoms with van der Waals surface area (Å²) in [4.78, 5) is 9.93. The lowest BCUT2D eigenvalue weighted by molar-refractivity contribution is -0.103. The number of methoxy groups -OCH3 is 1. The molecule has 0 bridgehead atoms. The van der Waals surface area contributed by atoms with Crippen molar-refractivity contribution in [2.24, 2.45) is 0 Å². The highest BCUT2D eigenvalue weighted by Gasteiger charge is 1.90. The van der Waals surface area contributed by atoms with E-state index in [1.54, 1.807) is 13.2 Å². The zero-order valence-electron chi connectivity index (χ0n) is 8.70. The third-order valence-electron chi connectivity index (χ3n) is 1.35. The molecule has 0 spiro atoms. The summed E-state index contributed by atoms with van der Waals surface area (Å²) in [5, 5.41) is 0. The number of hydrogen-bond acceptors (Lipinski definition) is 2. The highest BCUT2D eigenvalue weighted by atomic mass is 16.5. The van der Waals surface area contributed by atoms with Gasteiger partial charge in [0.15, 0.2) is 6.29 Å². The van der Waals surface area contributed by atoms with E-state index in [9.17, 15) is 4.79 Å². The molecular formula is C12H14O2. The van der Waals surface area contributed by atoms with E-state index in [1.165, 1.54) is 0 Å². The number of hydrogen-bond donors (Lipinski definition) is 0. The van der Waals surface area contributed by atoms with Crippen LogP contribution in [-0.2, 0) is 4.79 Å². The van der Waals surface area contributed by atoms with Gasteiger partial charge in [-0.05, 0) is 24.1 Å². The molecule has 0 saturated heterocycles. The molecule has 1 rings (SSSR count). The molecule has 0 amide bonds. The summed E-state index contributed by atoms with van der Waals surface area (Å²) in [5.74, 6) is 5.74. The molecule has 0 aliphatic heterocycles. The second-order valence-corrected chi connectivity index (χ2v) is 2.12. The first kappa shape index (κ1) is 12.2. The van der Waals surface area contributed by atoms with Crippen molar-refractivity contribution >= 4 is 6.29 Å². The third kappa shape index (κ3) is 4.32. The number of carbonyl (C=O) groups is 1. The summed E-state index contributed by atoms with van der Waals surface area (Å²) >= 11 is 0. The average molecular weight is 190 g/mol. The molecule has 1 aromatic rings. The first-order chi connectivity index (χ1) is 6.86. The van der Waals surface area contributed by atoms with Crippen LogP contribution in [0.1, 0.15) is 19.4 Å². The Labute approximate surface area is 84.9 Å². The van der Waals surface area contributed by atoms with Gasteiger partial charge in [-0.3, -0.25) is 4.79 Å². The van der Waals surface area contributed by atoms with Crippen LogP contribution in [-0.4, -0.2) is 13.4 Å². The smallest absolute Gasteiger partial charge is 0.193 e. The first-order valence-corrected chi connectivity index (χ1v) is 4.46. The zero-order chi connectivity index (χ0) is 10.8. The topological polar surface area (TPSA) is 26.3 Å². The van der Waals surface area contributed by atoms with Crippen LogP contribution in [0.25, 0.3) is 0 Å². The molecule has 0 aliphatic carbocycles. The minimum atomic E-state index is 0.569. The van der Waals surface area contributed by atoms with Crippen molar-refractivity contribution in [3.8, 4) is 17.6 Å². The summed E-state index contributed by atoms with van der Waals surface area (Å²) in [7, 11) is 1.59. The summed E-state index contributed by atoms with van der Waals surface area (Å²) in [6.45, 7) is 4.00. The molecule has 0 fully saturated rings. The van der Waals surface area contributed by atoms with Crippen LogP contribution in [0.3, 0.4) is 0 Å². The van der Waals surface area contributed by atoms with Crippen molar-refractivity contribution in [3.63, 3.8) is 0 Å². The molecule has 0 heterocycles. The summed E-state index contributed by atoms with van der Waals surface area (Å²) in [6.07, 6.45) is 0.569. The summed E-state index contributed by atoms with van der Waals surface area (Å²) in [6, 6.07) is 7.25. The van der Waals surface area contributed by atoms with Crippen molar-refractivity contribution in [1.29, 1.82) is 0 Å². The van der Waals surface area contributed by atoms with E-state index in [0.717, 1.165) is 11.3 Å². The van der Waals surface area contributed by atoms with Crippen molar-refractivity contribution in [1.82, 2.24) is 0 Å². The molecule has 0 atom stereocenters. The normalized spacial score (nSPS) is 7.36. The van der Waals surface area contributed by atoms with Gasteiger partial charge in [0.05, 0.1) is 7.11 Å². The molecule has 2 nitrogen and oxygen atoms in total. The maximum atomic E-state index is 9.93. The number of ether oxygens (including phenoxy) is 1. The number of benzene rings is 1. The average Bonchev–Trinajstić information content (AvgIpc) is 2.29. The van der Waals surface area contributed by atoms with Gasteiger partial charge >= 0.3 is 0 Å². The Morgan fingerprint density at radius 2 is 2.07 bits per heavy atom. The molecular weight excluding hydrogens is 176 g/mol. The number of rotatable bonds is 1. The fraction of sp³-hybridized carbons (Fsp3) is 0.250. The van der Waals surface area contributed by atoms with Gasteiger partial charge in [-0.2, -0.15) is 0 Å². The maximum absolute atomic E-state index is 9.93. The Balaban J connectivity index is 0.000000791. The Hall–Kier alpha value is -1.75. The van der Waals surface area contributed by atoms with Gasteiger partial charge in [0.25, 0.3) is 0 Å². The number of carbonyl (C=O) groups excluding carboxylic acids is 1. The molecule has 0 N–H and O–H groups in total. The van der Waals surface area contributed by atoms with Gasteiger partial charge in [-0.15, -0.1) is 0 Å². The van der Waals surface area contributed by atoms with Crippen LogP contribution < -0.4 is 4.74 Å². The second-order valence-electron chi connectivity index (χ2n) is 2.12. The van der Waals surface area contributed by atoms with Crippen LogP contribution in [0.15, 0.2) is 24.3 Å². The summed E-state index contributed by atoms with van der Waals surface area (Å²) < 4.78 is 4.98. The molecule has 74 valence electrons. The quantitative estimate of drug-likeness (QED) is 0.501. The molecule has 0 unspecified atom stereocenters. The standard InChI is InChI=1S/C10H8O2.C2H6/c1-12-10-6-2-4-9(8-10)5-3-7-11;1-2/h2,4,6-8H,1H3;1-2H3. The maximum Gasteiger partial charge on any atom is 0.193 e. The Bertz CT molecular complexity index is 332. The van der Waals surface area contributed by atoms with Crippen LogP contribution in [0.2, 0.25) is 0 Å². The Kier molecular flexibility index (Phi) is 6.89. The van der Waals surface area contributed by atoms with E-state index in [0.29, 0.717) is 6.29 Å². The van der Waals surface area contributed by atoms with Crippen LogP contribution in [0.5, 0.6) is 5.75 Å². The van der Waals surface area contributed by atoms with E-state index >= 15 is 0 Å². The molecule has 0 aliphatic rings. The van der Waals surface area contributed by atoms with E-state index < -0.39 is 0 Å². The van der Waals surface area contributed by atoms with Crippen molar-refractivity contribution in [2.45, 2.75) is 13.8 Å². The molecule has 0 saturated carbocycles. The highest BCUT2D eigenvalue weighted by molar-refractivity contribution is 5.74. The number of aldehydes is 1. The monoisotopic (exact) mass is 190 g/mol. The second kappa shape index (κ2) is 7.88. The van der Waals surface area contributed by atoms with Gasteiger partial charge in [-0.25, -0.2) is 0 Å². The van der Waals surface area contributed by atoms with Gasteiger partial charge in [0.1, 0.15) is 5.75 Å². The minimum absolute atomic E-state index is 0.569. The molecule has 1 aromatic carbocycles. The first-order valence-electron chi connectivity index (χ1n) is 4.46. The molecule has 14 heavy (non-hydrogen) atoms. The van der Waals surface area contributed by atoms with Crippen LogP contribution in [0.4, 0.5) is 0 Å². The zero-order valence-corrected chi connectivity index (χ0v) is 8.70. The minimum Gasteiger partial charge on any atom is -0.497 e.